The third-order valence-electron chi connectivity index (χ3n) is 3.53. The minimum Gasteiger partial charge on any atom is -0.494 e. The van der Waals surface area contributed by atoms with Crippen molar-refractivity contribution in [2.45, 2.75) is 19.5 Å². The molecule has 0 aliphatic carbocycles. The zero-order valence-corrected chi connectivity index (χ0v) is 12.1. The summed E-state index contributed by atoms with van der Waals surface area (Å²) in [4.78, 5) is 1.78. The van der Waals surface area contributed by atoms with Crippen LogP contribution in [0.4, 0.5) is 18.9 Å². The Labute approximate surface area is 123 Å². The van der Waals surface area contributed by atoms with Crippen LogP contribution in [0.1, 0.15) is 13.3 Å². The van der Waals surface area contributed by atoms with Gasteiger partial charge in [-0.2, -0.15) is 13.2 Å². The van der Waals surface area contributed by atoms with Crippen LogP contribution < -0.4 is 15.0 Å². The zero-order valence-electron chi connectivity index (χ0n) is 12.1. The number of anilines is 1. The van der Waals surface area contributed by atoms with E-state index in [1.165, 1.54) is 0 Å². The number of hydrogen-bond acceptors (Lipinski definition) is 3. The van der Waals surface area contributed by atoms with Gasteiger partial charge >= 0.3 is 6.18 Å². The number of nitrogens with one attached hydrogen (secondary N) is 1. The first kappa shape index (κ1) is 15.9. The van der Waals surface area contributed by atoms with Crippen molar-refractivity contribution in [1.82, 2.24) is 5.32 Å². The number of benzene rings is 1. The van der Waals surface area contributed by atoms with Gasteiger partial charge in [-0.3, -0.25) is 0 Å². The topological polar surface area (TPSA) is 24.5 Å². The molecule has 1 aromatic carbocycles. The molecule has 3 nitrogen and oxygen atoms in total. The second kappa shape index (κ2) is 7.02. The number of halogens is 3. The van der Waals surface area contributed by atoms with Crippen molar-refractivity contribution in [2.24, 2.45) is 5.92 Å². The third-order valence-corrected chi connectivity index (χ3v) is 3.53. The van der Waals surface area contributed by atoms with Gasteiger partial charge in [0, 0.05) is 31.9 Å². The van der Waals surface area contributed by atoms with E-state index in [-0.39, 0.29) is 13.1 Å². The van der Waals surface area contributed by atoms with Gasteiger partial charge in [-0.05, 0) is 30.7 Å². The van der Waals surface area contributed by atoms with Gasteiger partial charge in [-0.25, -0.2) is 0 Å². The number of ether oxygens (including phenoxy) is 1. The van der Waals surface area contributed by atoms with Crippen LogP contribution in [-0.2, 0) is 0 Å². The molecule has 1 unspecified atom stereocenters. The Bertz CT molecular complexity index is 434. The van der Waals surface area contributed by atoms with Crippen LogP contribution in [-0.4, -0.2) is 39.0 Å². The molecular weight excluding hydrogens is 281 g/mol. The lowest BCUT2D eigenvalue weighted by atomic mass is 10.1. The van der Waals surface area contributed by atoms with Gasteiger partial charge in [0.15, 0.2) is 0 Å². The number of rotatable bonds is 4. The van der Waals surface area contributed by atoms with E-state index in [2.05, 4.69) is 5.32 Å². The van der Waals surface area contributed by atoms with E-state index < -0.39 is 12.1 Å². The highest BCUT2D eigenvalue weighted by atomic mass is 19.4. The molecule has 1 heterocycles. The van der Waals surface area contributed by atoms with E-state index in [0.29, 0.717) is 19.7 Å². The molecule has 1 atom stereocenters. The maximum atomic E-state index is 12.9. The highest BCUT2D eigenvalue weighted by Crippen LogP contribution is 2.29. The van der Waals surface area contributed by atoms with Gasteiger partial charge in [0.2, 0.25) is 0 Å². The molecule has 2 rings (SSSR count). The molecule has 0 saturated carbocycles. The minimum atomic E-state index is -4.17. The summed E-state index contributed by atoms with van der Waals surface area (Å²) in [7, 11) is 0. The molecule has 0 radical (unpaired) electrons. The largest absolute Gasteiger partial charge is 0.494 e. The summed E-state index contributed by atoms with van der Waals surface area (Å²) in [6.07, 6.45) is -3.24. The molecule has 0 amide bonds. The van der Waals surface area contributed by atoms with E-state index in [4.69, 9.17) is 4.74 Å². The van der Waals surface area contributed by atoms with Crippen LogP contribution in [0.15, 0.2) is 24.3 Å². The number of nitrogens with zero attached hydrogens (tertiary/aromatic N) is 1. The lowest BCUT2D eigenvalue weighted by molar-refractivity contribution is -0.169. The molecule has 1 saturated heterocycles. The zero-order chi connectivity index (χ0) is 15.3. The van der Waals surface area contributed by atoms with Crippen molar-refractivity contribution >= 4 is 5.69 Å². The molecule has 1 aliphatic rings. The Morgan fingerprint density at radius 1 is 1.29 bits per heavy atom. The molecule has 6 heteroatoms. The molecule has 0 bridgehead atoms. The SMILES string of the molecule is CCCOc1ccc(N2CCNCC(C(F)(F)F)C2)cc1. The number of alkyl halides is 3. The Balaban J connectivity index is 2.05. The van der Waals surface area contributed by atoms with Crippen LogP contribution in [0.2, 0.25) is 0 Å². The Morgan fingerprint density at radius 3 is 2.62 bits per heavy atom. The number of hydrogen-bond donors (Lipinski definition) is 1. The van der Waals surface area contributed by atoms with E-state index in [9.17, 15) is 13.2 Å². The van der Waals surface area contributed by atoms with Gasteiger partial charge in [0.1, 0.15) is 5.75 Å². The van der Waals surface area contributed by atoms with Gasteiger partial charge in [-0.1, -0.05) is 6.92 Å². The van der Waals surface area contributed by atoms with Crippen LogP contribution >= 0.6 is 0 Å². The fourth-order valence-electron chi connectivity index (χ4n) is 2.34. The minimum absolute atomic E-state index is 0.00827. The summed E-state index contributed by atoms with van der Waals surface area (Å²) >= 11 is 0. The first-order valence-corrected chi connectivity index (χ1v) is 7.26. The van der Waals surface area contributed by atoms with Crippen LogP contribution in [0.3, 0.4) is 0 Å². The lowest BCUT2D eigenvalue weighted by Crippen LogP contribution is -2.38. The van der Waals surface area contributed by atoms with Crippen molar-refractivity contribution in [1.29, 1.82) is 0 Å². The fraction of sp³-hybridized carbons (Fsp3) is 0.600. The second-order valence-electron chi connectivity index (χ2n) is 5.23. The van der Waals surface area contributed by atoms with Crippen LogP contribution in [0.5, 0.6) is 5.75 Å². The van der Waals surface area contributed by atoms with Gasteiger partial charge in [-0.15, -0.1) is 0 Å². The summed E-state index contributed by atoms with van der Waals surface area (Å²) in [6, 6.07) is 7.27. The Morgan fingerprint density at radius 2 is 2.00 bits per heavy atom. The van der Waals surface area contributed by atoms with E-state index in [1.807, 2.05) is 31.2 Å². The molecule has 1 fully saturated rings. The predicted octanol–water partition coefficient (Wildman–Crippen LogP) is 3.06. The summed E-state index contributed by atoms with van der Waals surface area (Å²) in [5, 5.41) is 2.86. The molecule has 1 N–H and O–H groups in total. The molecule has 21 heavy (non-hydrogen) atoms. The smallest absolute Gasteiger partial charge is 0.394 e. The molecule has 0 spiro atoms. The fourth-order valence-corrected chi connectivity index (χ4v) is 2.34. The van der Waals surface area contributed by atoms with Gasteiger partial charge in [0.05, 0.1) is 12.5 Å². The maximum Gasteiger partial charge on any atom is 0.394 e. The third kappa shape index (κ3) is 4.52. The monoisotopic (exact) mass is 302 g/mol. The molecular formula is C15H21F3N2O. The van der Waals surface area contributed by atoms with Crippen LogP contribution in [0, 0.1) is 5.92 Å². The summed E-state index contributed by atoms with van der Waals surface area (Å²) in [5.74, 6) is -0.586. The van der Waals surface area contributed by atoms with Crippen molar-refractivity contribution in [3.05, 3.63) is 24.3 Å². The lowest BCUT2D eigenvalue weighted by Gasteiger charge is -2.27. The van der Waals surface area contributed by atoms with Crippen molar-refractivity contribution < 1.29 is 17.9 Å². The van der Waals surface area contributed by atoms with Crippen molar-refractivity contribution in [2.75, 3.05) is 37.7 Å². The molecule has 118 valence electrons. The van der Waals surface area contributed by atoms with Gasteiger partial charge < -0.3 is 15.0 Å². The normalized spacial score (nSPS) is 20.2. The quantitative estimate of drug-likeness (QED) is 0.925. The summed E-state index contributed by atoms with van der Waals surface area (Å²) < 4.78 is 44.3. The molecule has 1 aromatic rings. The van der Waals surface area contributed by atoms with Crippen LogP contribution in [0.25, 0.3) is 0 Å². The summed E-state index contributed by atoms with van der Waals surface area (Å²) in [5.41, 5.74) is 0.803. The maximum absolute atomic E-state index is 12.9. The van der Waals surface area contributed by atoms with E-state index >= 15 is 0 Å². The first-order chi connectivity index (χ1) is 10.0. The Hall–Kier alpha value is -1.43. The molecule has 1 aliphatic heterocycles. The molecule has 0 aromatic heterocycles. The average Bonchev–Trinajstić information content (AvgIpc) is 2.71. The van der Waals surface area contributed by atoms with E-state index in [1.54, 1.807) is 4.90 Å². The highest BCUT2D eigenvalue weighted by Gasteiger charge is 2.41. The Kier molecular flexibility index (Phi) is 5.33. The second-order valence-corrected chi connectivity index (χ2v) is 5.23. The van der Waals surface area contributed by atoms with Crippen molar-refractivity contribution in [3.63, 3.8) is 0 Å². The standard InChI is InChI=1S/C15H21F3N2O/c1-2-9-21-14-5-3-13(4-6-14)20-8-7-19-10-12(11-20)15(16,17)18/h3-6,12,19H,2,7-11H2,1H3. The highest BCUT2D eigenvalue weighted by molar-refractivity contribution is 5.49. The van der Waals surface area contributed by atoms with Crippen molar-refractivity contribution in [3.8, 4) is 5.75 Å². The first-order valence-electron chi connectivity index (χ1n) is 7.26. The summed E-state index contributed by atoms with van der Waals surface area (Å²) in [6.45, 7) is 3.77. The average molecular weight is 302 g/mol. The van der Waals surface area contributed by atoms with Gasteiger partial charge in [0.25, 0.3) is 0 Å². The van der Waals surface area contributed by atoms with E-state index in [0.717, 1.165) is 17.9 Å². The predicted molar refractivity (Wildman–Crippen MR) is 76.9 cm³/mol.